The first kappa shape index (κ1) is 12.8. The number of hydrogen-bond donors (Lipinski definition) is 0. The van der Waals surface area contributed by atoms with Crippen molar-refractivity contribution in [1.29, 1.82) is 0 Å². The molecular weight excluding hydrogens is 228 g/mol. The summed E-state index contributed by atoms with van der Waals surface area (Å²) in [7, 11) is 1.33. The number of carbonyl (C=O) groups is 1. The fraction of sp³-hybridized carbons (Fsp3) is 0.417. The van der Waals surface area contributed by atoms with Crippen LogP contribution in [-0.4, -0.2) is 19.2 Å². The van der Waals surface area contributed by atoms with E-state index in [4.69, 9.17) is 16.3 Å². The average Bonchev–Trinajstić information content (AvgIpc) is 2.30. The minimum Gasteiger partial charge on any atom is -0.479 e. The lowest BCUT2D eigenvalue weighted by Crippen LogP contribution is -2.24. The van der Waals surface area contributed by atoms with Crippen molar-refractivity contribution in [2.24, 2.45) is 0 Å². The Kier molecular flexibility index (Phi) is 4.62. The second-order valence-corrected chi connectivity index (χ2v) is 3.80. The molecule has 1 rings (SSSR count). The van der Waals surface area contributed by atoms with Crippen molar-refractivity contribution in [2.45, 2.75) is 26.4 Å². The van der Waals surface area contributed by atoms with Crippen LogP contribution in [0.25, 0.3) is 0 Å². The van der Waals surface area contributed by atoms with Crippen molar-refractivity contribution in [3.05, 3.63) is 28.8 Å². The van der Waals surface area contributed by atoms with Gasteiger partial charge in [0.15, 0.2) is 6.10 Å². The van der Waals surface area contributed by atoms with E-state index in [1.54, 1.807) is 19.1 Å². The van der Waals surface area contributed by atoms with Crippen LogP contribution in [0.4, 0.5) is 0 Å². The van der Waals surface area contributed by atoms with Crippen LogP contribution < -0.4 is 4.74 Å². The lowest BCUT2D eigenvalue weighted by molar-refractivity contribution is -0.147. The third-order valence-electron chi connectivity index (χ3n) is 2.24. The Hall–Kier alpha value is -1.22. The normalized spacial score (nSPS) is 12.0. The Bertz CT molecular complexity index is 377. The largest absolute Gasteiger partial charge is 0.479 e. The van der Waals surface area contributed by atoms with Gasteiger partial charge in [0.1, 0.15) is 5.75 Å². The number of hydrogen-bond acceptors (Lipinski definition) is 3. The number of methoxy groups -OCH3 is 1. The van der Waals surface area contributed by atoms with E-state index >= 15 is 0 Å². The minimum absolute atomic E-state index is 0.395. The topological polar surface area (TPSA) is 35.5 Å². The summed E-state index contributed by atoms with van der Waals surface area (Å²) in [6.45, 7) is 3.65. The van der Waals surface area contributed by atoms with Gasteiger partial charge in [0.2, 0.25) is 0 Å². The van der Waals surface area contributed by atoms with E-state index < -0.39 is 12.1 Å². The standard InChI is InChI=1S/C12H15ClO3/c1-4-9-7-10(5-6-11(9)13)16-8(2)12(14)15-3/h5-8H,4H2,1-3H3/t8-/m1/s1. The number of esters is 1. The SMILES string of the molecule is CCc1cc(O[C@H](C)C(=O)OC)ccc1Cl. The van der Waals surface area contributed by atoms with Crippen molar-refractivity contribution in [1.82, 2.24) is 0 Å². The molecule has 0 bridgehead atoms. The molecule has 0 aliphatic heterocycles. The molecule has 0 amide bonds. The number of rotatable bonds is 4. The second kappa shape index (κ2) is 5.75. The highest BCUT2D eigenvalue weighted by Gasteiger charge is 2.15. The molecule has 16 heavy (non-hydrogen) atoms. The molecule has 0 aliphatic carbocycles. The first-order chi connectivity index (χ1) is 7.58. The molecule has 0 spiro atoms. The zero-order valence-corrected chi connectivity index (χ0v) is 10.4. The fourth-order valence-corrected chi connectivity index (χ4v) is 1.56. The molecule has 0 saturated carbocycles. The van der Waals surface area contributed by atoms with Gasteiger partial charge in [-0.25, -0.2) is 4.79 Å². The predicted molar refractivity (Wildman–Crippen MR) is 62.9 cm³/mol. The van der Waals surface area contributed by atoms with Gasteiger partial charge in [-0.2, -0.15) is 0 Å². The first-order valence-corrected chi connectivity index (χ1v) is 5.49. The Morgan fingerprint density at radius 2 is 2.19 bits per heavy atom. The van der Waals surface area contributed by atoms with Crippen molar-refractivity contribution < 1.29 is 14.3 Å². The first-order valence-electron chi connectivity index (χ1n) is 5.11. The monoisotopic (exact) mass is 242 g/mol. The quantitative estimate of drug-likeness (QED) is 0.762. The van der Waals surface area contributed by atoms with Crippen LogP contribution in [0.2, 0.25) is 5.02 Å². The maximum Gasteiger partial charge on any atom is 0.346 e. The van der Waals surface area contributed by atoms with Gasteiger partial charge in [-0.1, -0.05) is 18.5 Å². The van der Waals surface area contributed by atoms with Crippen LogP contribution >= 0.6 is 11.6 Å². The summed E-state index contributed by atoms with van der Waals surface area (Å²) in [6.07, 6.45) is 0.207. The fourth-order valence-electron chi connectivity index (χ4n) is 1.31. The van der Waals surface area contributed by atoms with Crippen LogP contribution in [0.5, 0.6) is 5.75 Å². The summed E-state index contributed by atoms with van der Waals surface area (Å²) >= 11 is 5.98. The van der Waals surface area contributed by atoms with E-state index in [-0.39, 0.29) is 0 Å². The highest BCUT2D eigenvalue weighted by atomic mass is 35.5. The lowest BCUT2D eigenvalue weighted by Gasteiger charge is -2.13. The number of carbonyl (C=O) groups excluding carboxylic acids is 1. The predicted octanol–water partition coefficient (Wildman–Crippen LogP) is 2.84. The summed E-state index contributed by atoms with van der Waals surface area (Å²) in [5.74, 6) is 0.229. The molecular formula is C12H15ClO3. The van der Waals surface area contributed by atoms with Gasteiger partial charge in [0.25, 0.3) is 0 Å². The van der Waals surface area contributed by atoms with Crippen molar-refractivity contribution >= 4 is 17.6 Å². The zero-order chi connectivity index (χ0) is 12.1. The Morgan fingerprint density at radius 3 is 2.75 bits per heavy atom. The third kappa shape index (κ3) is 3.14. The highest BCUT2D eigenvalue weighted by Crippen LogP contribution is 2.23. The van der Waals surface area contributed by atoms with Crippen molar-refractivity contribution in [3.8, 4) is 5.75 Å². The van der Waals surface area contributed by atoms with Crippen LogP contribution in [0.3, 0.4) is 0 Å². The molecule has 0 aromatic heterocycles. The Morgan fingerprint density at radius 1 is 1.50 bits per heavy atom. The Labute approximate surface area is 100 Å². The summed E-state index contributed by atoms with van der Waals surface area (Å²) in [4.78, 5) is 11.2. The molecule has 88 valence electrons. The van der Waals surface area contributed by atoms with Gasteiger partial charge in [0.05, 0.1) is 7.11 Å². The molecule has 0 unspecified atom stereocenters. The van der Waals surface area contributed by atoms with Crippen LogP contribution in [0.1, 0.15) is 19.4 Å². The minimum atomic E-state index is -0.615. The highest BCUT2D eigenvalue weighted by molar-refractivity contribution is 6.31. The number of halogens is 1. The van der Waals surface area contributed by atoms with E-state index in [0.717, 1.165) is 12.0 Å². The van der Waals surface area contributed by atoms with E-state index in [0.29, 0.717) is 10.8 Å². The molecule has 0 aliphatic rings. The smallest absolute Gasteiger partial charge is 0.346 e. The molecule has 1 aromatic carbocycles. The van der Waals surface area contributed by atoms with E-state index in [1.807, 2.05) is 13.0 Å². The van der Waals surface area contributed by atoms with Crippen LogP contribution in [-0.2, 0) is 16.0 Å². The maximum absolute atomic E-state index is 11.2. The van der Waals surface area contributed by atoms with Gasteiger partial charge >= 0.3 is 5.97 Å². The Balaban J connectivity index is 2.78. The molecule has 3 nitrogen and oxygen atoms in total. The molecule has 1 aromatic rings. The summed E-state index contributed by atoms with van der Waals surface area (Å²) < 4.78 is 10.0. The number of aryl methyl sites for hydroxylation is 1. The van der Waals surface area contributed by atoms with E-state index in [2.05, 4.69) is 4.74 Å². The molecule has 1 atom stereocenters. The maximum atomic E-state index is 11.2. The molecule has 4 heteroatoms. The average molecular weight is 243 g/mol. The van der Waals surface area contributed by atoms with Gasteiger partial charge in [-0.15, -0.1) is 0 Å². The lowest BCUT2D eigenvalue weighted by atomic mass is 10.1. The van der Waals surface area contributed by atoms with Crippen molar-refractivity contribution in [2.75, 3.05) is 7.11 Å². The zero-order valence-electron chi connectivity index (χ0n) is 9.62. The molecule has 0 saturated heterocycles. The van der Waals surface area contributed by atoms with E-state index in [1.165, 1.54) is 7.11 Å². The van der Waals surface area contributed by atoms with E-state index in [9.17, 15) is 4.79 Å². The summed E-state index contributed by atoms with van der Waals surface area (Å²) in [5.41, 5.74) is 0.997. The van der Waals surface area contributed by atoms with Gasteiger partial charge in [-0.05, 0) is 37.1 Å². The number of ether oxygens (including phenoxy) is 2. The molecule has 0 heterocycles. The number of benzene rings is 1. The third-order valence-corrected chi connectivity index (χ3v) is 2.61. The molecule has 0 N–H and O–H groups in total. The van der Waals surface area contributed by atoms with Crippen LogP contribution in [0.15, 0.2) is 18.2 Å². The van der Waals surface area contributed by atoms with Crippen molar-refractivity contribution in [3.63, 3.8) is 0 Å². The summed E-state index contributed by atoms with van der Waals surface area (Å²) in [5, 5.41) is 0.709. The molecule has 0 fully saturated rings. The van der Waals surface area contributed by atoms with Gasteiger partial charge < -0.3 is 9.47 Å². The van der Waals surface area contributed by atoms with Crippen LogP contribution in [0, 0.1) is 0 Å². The second-order valence-electron chi connectivity index (χ2n) is 3.39. The molecule has 0 radical (unpaired) electrons. The van der Waals surface area contributed by atoms with Gasteiger partial charge in [-0.3, -0.25) is 0 Å². The van der Waals surface area contributed by atoms with Gasteiger partial charge in [0, 0.05) is 5.02 Å². The summed E-state index contributed by atoms with van der Waals surface area (Å²) in [6, 6.07) is 5.34.